The number of ether oxygens (including phenoxy) is 2. The Labute approximate surface area is 144 Å². The Balaban J connectivity index is 1.96. The molecule has 0 saturated carbocycles. The summed E-state index contributed by atoms with van der Waals surface area (Å²) < 4.78 is 11.5. The molecule has 0 unspecified atom stereocenters. The van der Waals surface area contributed by atoms with Crippen molar-refractivity contribution in [2.24, 2.45) is 0 Å². The molecular weight excluding hydrogens is 302 g/mol. The van der Waals surface area contributed by atoms with Crippen LogP contribution in [-0.4, -0.2) is 41.4 Å². The Morgan fingerprint density at radius 2 is 2.00 bits per heavy atom. The van der Waals surface area contributed by atoms with Crippen LogP contribution in [0.2, 0.25) is 0 Å². The molecule has 0 spiro atoms. The van der Waals surface area contributed by atoms with Gasteiger partial charge in [0.2, 0.25) is 0 Å². The average Bonchev–Trinajstić information content (AvgIpc) is 2.99. The molecule has 0 saturated heterocycles. The predicted molar refractivity (Wildman–Crippen MR) is 95.6 cm³/mol. The van der Waals surface area contributed by atoms with E-state index in [-0.39, 0.29) is 0 Å². The minimum atomic E-state index is 0.622. The number of benzene rings is 1. The van der Waals surface area contributed by atoms with Crippen LogP contribution in [0.25, 0.3) is 11.3 Å². The zero-order valence-electron chi connectivity index (χ0n) is 14.9. The fourth-order valence-electron chi connectivity index (χ4n) is 3.31. The van der Waals surface area contributed by atoms with E-state index in [1.54, 1.807) is 0 Å². The number of nitrogens with zero attached hydrogens (tertiary/aromatic N) is 2. The first kappa shape index (κ1) is 16.8. The molecule has 0 radical (unpaired) electrons. The lowest BCUT2D eigenvalue weighted by atomic mass is 10.00. The second-order valence-corrected chi connectivity index (χ2v) is 6.08. The Morgan fingerprint density at radius 3 is 2.75 bits per heavy atom. The summed E-state index contributed by atoms with van der Waals surface area (Å²) >= 11 is 0. The van der Waals surface area contributed by atoms with Crippen molar-refractivity contribution in [3.8, 4) is 22.8 Å². The molecule has 1 N–H and O–H groups in total. The maximum absolute atomic E-state index is 5.87. The first-order chi connectivity index (χ1) is 11.8. The highest BCUT2D eigenvalue weighted by Gasteiger charge is 2.24. The topological polar surface area (TPSA) is 50.4 Å². The highest BCUT2D eigenvalue weighted by molar-refractivity contribution is 5.72. The van der Waals surface area contributed by atoms with Crippen molar-refractivity contribution in [1.29, 1.82) is 0 Å². The lowest BCUT2D eigenvalue weighted by Gasteiger charge is -2.26. The minimum absolute atomic E-state index is 0.622. The lowest BCUT2D eigenvalue weighted by Crippen LogP contribution is -2.31. The monoisotopic (exact) mass is 329 g/mol. The van der Waals surface area contributed by atoms with Gasteiger partial charge in [0.25, 0.3) is 0 Å². The van der Waals surface area contributed by atoms with Crippen molar-refractivity contribution in [2.75, 3.05) is 26.3 Å². The molecule has 1 aliphatic rings. The average molecular weight is 329 g/mol. The first-order valence-corrected chi connectivity index (χ1v) is 8.95. The summed E-state index contributed by atoms with van der Waals surface area (Å²) in [5.74, 6) is 1.67. The molecule has 0 atom stereocenters. The third-order valence-electron chi connectivity index (χ3n) is 4.37. The van der Waals surface area contributed by atoms with Crippen molar-refractivity contribution in [3.63, 3.8) is 0 Å². The molecule has 2 heterocycles. The molecule has 0 amide bonds. The van der Waals surface area contributed by atoms with Crippen LogP contribution in [-0.2, 0) is 13.0 Å². The van der Waals surface area contributed by atoms with Gasteiger partial charge in [0.15, 0.2) is 0 Å². The summed E-state index contributed by atoms with van der Waals surface area (Å²) in [6, 6.07) is 6.02. The summed E-state index contributed by atoms with van der Waals surface area (Å²) in [4.78, 5) is 2.50. The number of rotatable bonds is 7. The molecule has 2 aromatic rings. The lowest BCUT2D eigenvalue weighted by molar-refractivity contribution is 0.254. The second kappa shape index (κ2) is 7.71. The number of H-pyrrole nitrogens is 1. The van der Waals surface area contributed by atoms with E-state index in [1.165, 1.54) is 17.7 Å². The van der Waals surface area contributed by atoms with Crippen LogP contribution < -0.4 is 9.47 Å². The number of aromatic nitrogens is 2. The molecule has 3 rings (SSSR count). The SMILES string of the molecule is CCCN1CCc2[nH]nc(-c3ccc(OCC)cc3OCC)c2C1. The summed E-state index contributed by atoms with van der Waals surface area (Å²) in [7, 11) is 0. The van der Waals surface area contributed by atoms with Gasteiger partial charge in [0.1, 0.15) is 17.2 Å². The molecule has 24 heavy (non-hydrogen) atoms. The zero-order valence-corrected chi connectivity index (χ0v) is 14.9. The molecule has 130 valence electrons. The van der Waals surface area contributed by atoms with E-state index in [4.69, 9.17) is 9.47 Å². The van der Waals surface area contributed by atoms with Crippen molar-refractivity contribution in [2.45, 2.75) is 40.2 Å². The van der Waals surface area contributed by atoms with Gasteiger partial charge < -0.3 is 9.47 Å². The van der Waals surface area contributed by atoms with Crippen LogP contribution in [0.1, 0.15) is 38.4 Å². The van der Waals surface area contributed by atoms with Crippen LogP contribution in [0.4, 0.5) is 0 Å². The van der Waals surface area contributed by atoms with Crippen LogP contribution in [0.5, 0.6) is 11.5 Å². The van der Waals surface area contributed by atoms with Gasteiger partial charge in [0, 0.05) is 42.4 Å². The first-order valence-electron chi connectivity index (χ1n) is 8.95. The maximum Gasteiger partial charge on any atom is 0.132 e. The summed E-state index contributed by atoms with van der Waals surface area (Å²) in [6.45, 7) is 10.7. The number of hydrogen-bond donors (Lipinski definition) is 1. The van der Waals surface area contributed by atoms with Crippen molar-refractivity contribution < 1.29 is 9.47 Å². The van der Waals surface area contributed by atoms with Crippen LogP contribution in [0.3, 0.4) is 0 Å². The molecular formula is C19H27N3O2. The van der Waals surface area contributed by atoms with E-state index in [0.717, 1.165) is 48.8 Å². The third-order valence-corrected chi connectivity index (χ3v) is 4.37. The number of hydrogen-bond acceptors (Lipinski definition) is 4. The van der Waals surface area contributed by atoms with E-state index < -0.39 is 0 Å². The second-order valence-electron chi connectivity index (χ2n) is 6.08. The van der Waals surface area contributed by atoms with Crippen LogP contribution >= 0.6 is 0 Å². The van der Waals surface area contributed by atoms with E-state index >= 15 is 0 Å². The summed E-state index contributed by atoms with van der Waals surface area (Å²) in [5.41, 5.74) is 4.61. The normalized spacial score (nSPS) is 14.5. The van der Waals surface area contributed by atoms with Crippen LogP contribution in [0, 0.1) is 0 Å². The maximum atomic E-state index is 5.87. The van der Waals surface area contributed by atoms with Gasteiger partial charge in [-0.1, -0.05) is 6.92 Å². The molecule has 1 aliphatic heterocycles. The standard InChI is InChI=1S/C19H27N3O2/c1-4-10-22-11-9-17-16(13-22)19(21-20-17)15-8-7-14(23-5-2)12-18(15)24-6-3/h7-8,12H,4-6,9-11,13H2,1-3H3,(H,20,21). The highest BCUT2D eigenvalue weighted by Crippen LogP contribution is 2.36. The fraction of sp³-hybridized carbons (Fsp3) is 0.526. The smallest absolute Gasteiger partial charge is 0.132 e. The molecule has 0 fully saturated rings. The molecule has 0 bridgehead atoms. The Bertz CT molecular complexity index is 681. The third kappa shape index (κ3) is 3.41. The Kier molecular flexibility index (Phi) is 5.41. The molecule has 5 heteroatoms. The largest absolute Gasteiger partial charge is 0.494 e. The van der Waals surface area contributed by atoms with Gasteiger partial charge in [-0.3, -0.25) is 10.00 Å². The fourth-order valence-corrected chi connectivity index (χ4v) is 3.31. The van der Waals surface area contributed by atoms with Gasteiger partial charge in [-0.25, -0.2) is 0 Å². The summed E-state index contributed by atoms with van der Waals surface area (Å²) in [5, 5.41) is 7.84. The van der Waals surface area contributed by atoms with E-state index in [9.17, 15) is 0 Å². The number of fused-ring (bicyclic) bond motifs is 1. The molecule has 5 nitrogen and oxygen atoms in total. The van der Waals surface area contributed by atoms with Crippen molar-refractivity contribution in [3.05, 3.63) is 29.5 Å². The predicted octanol–water partition coefficient (Wildman–Crippen LogP) is 3.64. The van der Waals surface area contributed by atoms with Crippen molar-refractivity contribution in [1.82, 2.24) is 15.1 Å². The minimum Gasteiger partial charge on any atom is -0.494 e. The van der Waals surface area contributed by atoms with Gasteiger partial charge in [-0.05, 0) is 38.9 Å². The van der Waals surface area contributed by atoms with Gasteiger partial charge in [-0.15, -0.1) is 0 Å². The Hall–Kier alpha value is -2.01. The van der Waals surface area contributed by atoms with E-state index in [0.29, 0.717) is 13.2 Å². The van der Waals surface area contributed by atoms with Gasteiger partial charge >= 0.3 is 0 Å². The number of aromatic amines is 1. The van der Waals surface area contributed by atoms with Crippen LogP contribution in [0.15, 0.2) is 18.2 Å². The van der Waals surface area contributed by atoms with E-state index in [1.807, 2.05) is 26.0 Å². The van der Waals surface area contributed by atoms with Gasteiger partial charge in [0.05, 0.1) is 13.2 Å². The molecule has 1 aromatic heterocycles. The van der Waals surface area contributed by atoms with Crippen molar-refractivity contribution >= 4 is 0 Å². The zero-order chi connectivity index (χ0) is 16.9. The van der Waals surface area contributed by atoms with E-state index in [2.05, 4.69) is 28.1 Å². The number of nitrogens with one attached hydrogen (secondary N) is 1. The summed E-state index contributed by atoms with van der Waals surface area (Å²) in [6.07, 6.45) is 2.21. The highest BCUT2D eigenvalue weighted by atomic mass is 16.5. The molecule has 0 aliphatic carbocycles. The Morgan fingerprint density at radius 1 is 1.17 bits per heavy atom. The quantitative estimate of drug-likeness (QED) is 0.842. The molecule has 1 aromatic carbocycles. The van der Waals surface area contributed by atoms with Gasteiger partial charge in [-0.2, -0.15) is 5.10 Å².